The van der Waals surface area contributed by atoms with E-state index < -0.39 is 127 Å². The van der Waals surface area contributed by atoms with Gasteiger partial charge in [-0.25, -0.2) is 9.59 Å². The van der Waals surface area contributed by atoms with Crippen LogP contribution in [0.25, 0.3) is 0 Å². The van der Waals surface area contributed by atoms with Crippen molar-refractivity contribution in [3.8, 4) is 0 Å². The smallest absolute Gasteiger partial charge is 0.408 e. The van der Waals surface area contributed by atoms with E-state index in [4.69, 9.17) is 4.74 Å². The first kappa shape index (κ1) is 50.9. The predicted molar refractivity (Wildman–Crippen MR) is 219 cm³/mol. The SMILES string of the molecule is CC(C)[C@H](NC(=O)CNC(=O)[C@H](Cc1ccccc1)NC(=O)CNC(=O)OC(C)(C)C)C(=O)NCC(=O)N[C@@H](C)C(=O)NCC(=O)N[C@H](C(=O)N1CCC[C@H]1C(=O)O)C(C)C. The zero-order chi connectivity index (χ0) is 46.0. The molecular formula is C40H61N9O12. The molecule has 21 heteroatoms. The lowest BCUT2D eigenvalue weighted by atomic mass is 10.0. The standard InChI is InChI=1S/C40H61N9O12/c1-22(2)32(47-30(52)20-42-35(55)26(17-25-13-10-9-11-14-25)46-29(51)21-44-39(60)61-40(6,7)8)36(56)43-18-28(50)45-24(5)34(54)41-19-31(53)48-33(23(3)4)37(57)49-16-12-15-27(49)38(58)59/h9-11,13-14,22-24,26-27,32-33H,12,15-21H2,1-8H3,(H,41,54)(H,42,55)(H,43,56)(H,44,60)(H,45,50)(H,46,51)(H,47,52)(H,48,53)(H,58,59)/t24-,26-,27-,32-,33-/m0/s1. The van der Waals surface area contributed by atoms with Crippen LogP contribution in [0.15, 0.2) is 30.3 Å². The molecule has 0 bridgehead atoms. The molecule has 9 N–H and O–H groups in total. The van der Waals surface area contributed by atoms with Crippen LogP contribution in [-0.4, -0.2) is 138 Å². The monoisotopic (exact) mass is 859 g/mol. The molecule has 1 aromatic carbocycles. The predicted octanol–water partition coefficient (Wildman–Crippen LogP) is -1.55. The molecule has 1 aliphatic heterocycles. The highest BCUT2D eigenvalue weighted by molar-refractivity contribution is 5.96. The van der Waals surface area contributed by atoms with Crippen molar-refractivity contribution in [1.29, 1.82) is 0 Å². The molecule has 21 nitrogen and oxygen atoms in total. The van der Waals surface area contributed by atoms with Gasteiger partial charge in [0.25, 0.3) is 0 Å². The Labute approximate surface area is 355 Å². The molecule has 1 aliphatic rings. The summed E-state index contributed by atoms with van der Waals surface area (Å²) in [6, 6.07) is 3.32. The van der Waals surface area contributed by atoms with E-state index in [1.165, 1.54) is 11.8 Å². The number of nitrogens with one attached hydrogen (secondary N) is 8. The van der Waals surface area contributed by atoms with Gasteiger partial charge in [0.15, 0.2) is 0 Å². The van der Waals surface area contributed by atoms with Gasteiger partial charge in [-0.15, -0.1) is 0 Å². The fourth-order valence-electron chi connectivity index (χ4n) is 5.98. The van der Waals surface area contributed by atoms with Gasteiger partial charge in [0.05, 0.1) is 19.6 Å². The van der Waals surface area contributed by atoms with E-state index in [9.17, 15) is 53.1 Å². The van der Waals surface area contributed by atoms with Gasteiger partial charge < -0.3 is 57.3 Å². The first-order valence-corrected chi connectivity index (χ1v) is 20.0. The Morgan fingerprint density at radius 1 is 0.672 bits per heavy atom. The largest absolute Gasteiger partial charge is 0.480 e. The van der Waals surface area contributed by atoms with Crippen LogP contribution in [0.2, 0.25) is 0 Å². The lowest BCUT2D eigenvalue weighted by Gasteiger charge is -2.29. The zero-order valence-electron chi connectivity index (χ0n) is 36.0. The number of carbonyl (C=O) groups is 10. The maximum Gasteiger partial charge on any atom is 0.408 e. The number of likely N-dealkylation sites (tertiary alicyclic amines) is 1. The molecular weight excluding hydrogens is 798 g/mol. The normalized spacial score (nSPS) is 15.6. The number of rotatable bonds is 21. The Kier molecular flexibility index (Phi) is 20.1. The number of aliphatic carboxylic acids is 1. The number of carboxylic acids is 1. The van der Waals surface area contributed by atoms with Crippen molar-refractivity contribution in [3.05, 3.63) is 35.9 Å². The summed E-state index contributed by atoms with van der Waals surface area (Å²) in [5, 5.41) is 29.0. The maximum atomic E-state index is 13.2. The number of hydrogen-bond donors (Lipinski definition) is 9. The van der Waals surface area contributed by atoms with Crippen LogP contribution in [0.5, 0.6) is 0 Å². The van der Waals surface area contributed by atoms with Gasteiger partial charge in [0, 0.05) is 13.0 Å². The van der Waals surface area contributed by atoms with E-state index >= 15 is 0 Å². The van der Waals surface area contributed by atoms with Crippen molar-refractivity contribution in [3.63, 3.8) is 0 Å². The number of nitrogens with zero attached hydrogens (tertiary/aromatic N) is 1. The van der Waals surface area contributed by atoms with Gasteiger partial charge in [-0.05, 0) is 57.9 Å². The molecule has 0 radical (unpaired) electrons. The molecule has 1 fully saturated rings. The van der Waals surface area contributed by atoms with Crippen LogP contribution in [0.4, 0.5) is 4.79 Å². The van der Waals surface area contributed by atoms with Gasteiger partial charge in [-0.1, -0.05) is 58.0 Å². The second kappa shape index (κ2) is 24.1. The summed E-state index contributed by atoms with van der Waals surface area (Å²) in [6.07, 6.45) is 0.0539. The highest BCUT2D eigenvalue weighted by Crippen LogP contribution is 2.20. The molecule has 1 saturated heterocycles. The number of ether oxygens (including phenoxy) is 1. The van der Waals surface area contributed by atoms with E-state index in [1.54, 1.807) is 78.8 Å². The lowest BCUT2D eigenvalue weighted by molar-refractivity contribution is -0.150. The molecule has 0 aromatic heterocycles. The van der Waals surface area contributed by atoms with Crippen LogP contribution in [-0.2, 0) is 54.3 Å². The second-order valence-electron chi connectivity index (χ2n) is 16.2. The van der Waals surface area contributed by atoms with E-state index in [1.807, 2.05) is 0 Å². The molecule has 5 atom stereocenters. The highest BCUT2D eigenvalue weighted by atomic mass is 16.6. The van der Waals surface area contributed by atoms with Gasteiger partial charge >= 0.3 is 12.1 Å². The summed E-state index contributed by atoms with van der Waals surface area (Å²) in [7, 11) is 0. The molecule has 338 valence electrons. The van der Waals surface area contributed by atoms with Crippen molar-refractivity contribution >= 4 is 59.3 Å². The number of carboxylic acid groups (broad SMARTS) is 1. The maximum absolute atomic E-state index is 13.2. The minimum atomic E-state index is -1.15. The molecule has 9 amide bonds. The van der Waals surface area contributed by atoms with Gasteiger partial charge in [0.1, 0.15) is 42.4 Å². The summed E-state index contributed by atoms with van der Waals surface area (Å²) in [5.74, 6) is -7.62. The average Bonchev–Trinajstić information content (AvgIpc) is 3.68. The summed E-state index contributed by atoms with van der Waals surface area (Å²) < 4.78 is 5.12. The number of hydrogen-bond acceptors (Lipinski definition) is 11. The number of carbonyl (C=O) groups excluding carboxylic acids is 9. The summed E-state index contributed by atoms with van der Waals surface area (Å²) >= 11 is 0. The first-order chi connectivity index (χ1) is 28.5. The van der Waals surface area contributed by atoms with E-state index in [2.05, 4.69) is 42.5 Å². The Balaban J connectivity index is 1.87. The molecule has 0 aliphatic carbocycles. The lowest BCUT2D eigenvalue weighted by Crippen LogP contribution is -2.56. The molecule has 1 heterocycles. The Bertz CT molecular complexity index is 1750. The second-order valence-corrected chi connectivity index (χ2v) is 16.2. The fraction of sp³-hybridized carbons (Fsp3) is 0.600. The summed E-state index contributed by atoms with van der Waals surface area (Å²) in [6.45, 7) is 11.0. The highest BCUT2D eigenvalue weighted by Gasteiger charge is 2.38. The van der Waals surface area contributed by atoms with Gasteiger partial charge in [0.2, 0.25) is 47.3 Å². The molecule has 0 unspecified atom stereocenters. The van der Waals surface area contributed by atoms with Crippen LogP contribution in [0.3, 0.4) is 0 Å². The third kappa shape index (κ3) is 18.3. The van der Waals surface area contributed by atoms with Crippen LogP contribution < -0.4 is 42.5 Å². The summed E-state index contributed by atoms with van der Waals surface area (Å²) in [5.41, 5.74) is -0.0896. The van der Waals surface area contributed by atoms with E-state index in [-0.39, 0.29) is 18.9 Å². The molecule has 2 rings (SSSR count). The number of benzene rings is 1. The van der Waals surface area contributed by atoms with Gasteiger partial charge in [-0.2, -0.15) is 0 Å². The number of alkyl carbamates (subject to hydrolysis) is 1. The van der Waals surface area contributed by atoms with Crippen molar-refractivity contribution in [2.75, 3.05) is 32.7 Å². The topological polar surface area (TPSA) is 300 Å². The molecule has 0 saturated carbocycles. The van der Waals surface area contributed by atoms with E-state index in [0.717, 1.165) is 0 Å². The third-order valence-electron chi connectivity index (χ3n) is 9.10. The van der Waals surface area contributed by atoms with Crippen molar-refractivity contribution in [1.82, 2.24) is 47.4 Å². The average molecular weight is 860 g/mol. The molecule has 0 spiro atoms. The van der Waals surface area contributed by atoms with E-state index in [0.29, 0.717) is 18.4 Å². The molecule has 61 heavy (non-hydrogen) atoms. The van der Waals surface area contributed by atoms with Crippen LogP contribution in [0.1, 0.15) is 73.8 Å². The van der Waals surface area contributed by atoms with Crippen molar-refractivity contribution in [2.24, 2.45) is 11.8 Å². The Morgan fingerprint density at radius 3 is 1.70 bits per heavy atom. The fourth-order valence-corrected chi connectivity index (χ4v) is 5.98. The van der Waals surface area contributed by atoms with Crippen molar-refractivity contribution in [2.45, 2.75) is 110 Å². The summed E-state index contributed by atoms with van der Waals surface area (Å²) in [4.78, 5) is 128. The van der Waals surface area contributed by atoms with Crippen LogP contribution >= 0.6 is 0 Å². The minimum Gasteiger partial charge on any atom is -0.480 e. The molecule has 1 aromatic rings. The Hall–Kier alpha value is -6.28. The van der Waals surface area contributed by atoms with Crippen molar-refractivity contribution < 1.29 is 57.8 Å². The quantitative estimate of drug-likeness (QED) is 0.0679. The first-order valence-electron chi connectivity index (χ1n) is 20.0. The third-order valence-corrected chi connectivity index (χ3v) is 9.10. The van der Waals surface area contributed by atoms with Crippen LogP contribution in [0, 0.1) is 11.8 Å². The number of amides is 9. The Morgan fingerprint density at radius 2 is 1.16 bits per heavy atom. The minimum absolute atomic E-state index is 0.0545. The zero-order valence-corrected chi connectivity index (χ0v) is 36.0. The van der Waals surface area contributed by atoms with Gasteiger partial charge in [-0.3, -0.25) is 38.4 Å².